The zero-order valence-corrected chi connectivity index (χ0v) is 17.8. The molecule has 0 aromatic rings. The van der Waals surface area contributed by atoms with Gasteiger partial charge in [-0.25, -0.2) is 0 Å². The van der Waals surface area contributed by atoms with Crippen LogP contribution in [0.4, 0.5) is 0 Å². The highest BCUT2D eigenvalue weighted by molar-refractivity contribution is 5.10. The standard InChI is InChI=1S/C25H44/c1-6-17(3)20-11-12-22-19-16-18(7-2)21-10-8-9-14-24(21,4)23(19)13-15-25(20,22)5/h17-23H,6-16H2,1-5H3/t17-,18+,19?,20?,21+,22?,23?,24+,25-/m1/s1. The van der Waals surface area contributed by atoms with Crippen molar-refractivity contribution in [1.29, 1.82) is 0 Å². The zero-order chi connectivity index (χ0) is 17.8. The van der Waals surface area contributed by atoms with Crippen molar-refractivity contribution < 1.29 is 0 Å². The summed E-state index contributed by atoms with van der Waals surface area (Å²) in [5.41, 5.74) is 1.37. The van der Waals surface area contributed by atoms with Crippen molar-refractivity contribution >= 4 is 0 Å². The lowest BCUT2D eigenvalue weighted by Crippen LogP contribution is -2.55. The Labute approximate surface area is 157 Å². The second-order valence-corrected chi connectivity index (χ2v) is 11.3. The van der Waals surface area contributed by atoms with Gasteiger partial charge in [0, 0.05) is 0 Å². The summed E-state index contributed by atoms with van der Waals surface area (Å²) >= 11 is 0. The van der Waals surface area contributed by atoms with Gasteiger partial charge in [0.05, 0.1) is 0 Å². The molecule has 0 aromatic carbocycles. The molecule has 4 aliphatic rings. The van der Waals surface area contributed by atoms with E-state index < -0.39 is 0 Å². The molecule has 0 heteroatoms. The minimum absolute atomic E-state index is 0.673. The molecule has 0 saturated heterocycles. The smallest absolute Gasteiger partial charge is 0.0264 e. The summed E-state index contributed by atoms with van der Waals surface area (Å²) < 4.78 is 0. The van der Waals surface area contributed by atoms with Crippen LogP contribution in [-0.2, 0) is 0 Å². The summed E-state index contributed by atoms with van der Waals surface area (Å²) in [6.07, 6.45) is 16.8. The molecule has 0 spiro atoms. The fourth-order valence-corrected chi connectivity index (χ4v) is 9.28. The second-order valence-electron chi connectivity index (χ2n) is 11.3. The van der Waals surface area contributed by atoms with Crippen molar-refractivity contribution in [1.82, 2.24) is 0 Å². The van der Waals surface area contributed by atoms with Crippen LogP contribution in [0.2, 0.25) is 0 Å². The summed E-state index contributed by atoms with van der Waals surface area (Å²) in [6.45, 7) is 13.0. The third kappa shape index (κ3) is 2.59. The summed E-state index contributed by atoms with van der Waals surface area (Å²) in [5, 5.41) is 0. The molecule has 25 heavy (non-hydrogen) atoms. The highest BCUT2D eigenvalue weighted by Crippen LogP contribution is 2.69. The molecule has 4 unspecified atom stereocenters. The third-order valence-electron chi connectivity index (χ3n) is 10.7. The molecular formula is C25H44. The molecule has 4 fully saturated rings. The first-order valence-electron chi connectivity index (χ1n) is 12.0. The molecule has 0 N–H and O–H groups in total. The minimum Gasteiger partial charge on any atom is -0.0651 e. The second kappa shape index (κ2) is 6.56. The summed E-state index contributed by atoms with van der Waals surface area (Å²) in [5.74, 6) is 7.24. The average Bonchev–Trinajstić information content (AvgIpc) is 2.97. The number of hydrogen-bond donors (Lipinski definition) is 0. The van der Waals surface area contributed by atoms with E-state index in [1.807, 2.05) is 0 Å². The van der Waals surface area contributed by atoms with Gasteiger partial charge >= 0.3 is 0 Å². The van der Waals surface area contributed by atoms with E-state index in [9.17, 15) is 0 Å². The molecule has 0 aromatic heterocycles. The molecule has 4 saturated carbocycles. The van der Waals surface area contributed by atoms with Crippen LogP contribution in [0.3, 0.4) is 0 Å². The van der Waals surface area contributed by atoms with E-state index in [2.05, 4.69) is 34.6 Å². The van der Waals surface area contributed by atoms with E-state index in [-0.39, 0.29) is 0 Å². The van der Waals surface area contributed by atoms with Crippen LogP contribution in [0, 0.1) is 52.3 Å². The SMILES string of the molecule is CC[C@H]1CC2C3CCC([C@H](C)CC)[C@@]3(C)CCC2[C@@]2(C)CCCC[C@@H]12. The van der Waals surface area contributed by atoms with E-state index in [1.165, 1.54) is 32.1 Å². The van der Waals surface area contributed by atoms with Gasteiger partial charge < -0.3 is 0 Å². The predicted octanol–water partition coefficient (Wildman–Crippen LogP) is 7.72. The van der Waals surface area contributed by atoms with Gasteiger partial charge in [0.1, 0.15) is 0 Å². The fraction of sp³-hybridized carbons (Fsp3) is 1.00. The lowest BCUT2D eigenvalue weighted by molar-refractivity contribution is -0.138. The van der Waals surface area contributed by atoms with Crippen LogP contribution in [0.5, 0.6) is 0 Å². The van der Waals surface area contributed by atoms with Crippen molar-refractivity contribution in [3.05, 3.63) is 0 Å². The molecule has 0 radical (unpaired) electrons. The summed E-state index contributed by atoms with van der Waals surface area (Å²) in [7, 11) is 0. The largest absolute Gasteiger partial charge is 0.0651 e. The first-order chi connectivity index (χ1) is 12.0. The highest BCUT2D eigenvalue weighted by Gasteiger charge is 2.61. The lowest BCUT2D eigenvalue weighted by Gasteiger charge is -2.63. The van der Waals surface area contributed by atoms with E-state index in [0.717, 1.165) is 41.4 Å². The van der Waals surface area contributed by atoms with Gasteiger partial charge in [0.15, 0.2) is 0 Å². The van der Waals surface area contributed by atoms with Crippen molar-refractivity contribution in [2.75, 3.05) is 0 Å². The van der Waals surface area contributed by atoms with Crippen molar-refractivity contribution in [2.24, 2.45) is 52.3 Å². The van der Waals surface area contributed by atoms with Gasteiger partial charge in [-0.2, -0.15) is 0 Å². The van der Waals surface area contributed by atoms with Crippen LogP contribution in [0.25, 0.3) is 0 Å². The highest BCUT2D eigenvalue weighted by atomic mass is 14.7. The third-order valence-corrected chi connectivity index (χ3v) is 10.7. The van der Waals surface area contributed by atoms with E-state index in [1.54, 1.807) is 38.5 Å². The molecule has 0 heterocycles. The van der Waals surface area contributed by atoms with Gasteiger partial charge in [-0.15, -0.1) is 0 Å². The number of fused-ring (bicyclic) bond motifs is 5. The minimum atomic E-state index is 0.673. The first kappa shape index (κ1) is 18.4. The van der Waals surface area contributed by atoms with Crippen LogP contribution in [0.1, 0.15) is 105 Å². The maximum Gasteiger partial charge on any atom is -0.0264 e. The van der Waals surface area contributed by atoms with Gasteiger partial charge in [-0.1, -0.05) is 60.3 Å². The molecular weight excluding hydrogens is 300 g/mol. The molecule has 0 aliphatic heterocycles. The number of hydrogen-bond acceptors (Lipinski definition) is 0. The normalized spacial score (nSPS) is 53.6. The molecule has 4 aliphatic carbocycles. The zero-order valence-electron chi connectivity index (χ0n) is 17.8. The fourth-order valence-electron chi connectivity index (χ4n) is 9.28. The van der Waals surface area contributed by atoms with Crippen LogP contribution < -0.4 is 0 Å². The quantitative estimate of drug-likeness (QED) is 0.491. The molecule has 9 atom stereocenters. The Morgan fingerprint density at radius 3 is 2.32 bits per heavy atom. The molecule has 0 nitrogen and oxygen atoms in total. The summed E-state index contributed by atoms with van der Waals surface area (Å²) in [4.78, 5) is 0. The first-order valence-corrected chi connectivity index (χ1v) is 12.0. The van der Waals surface area contributed by atoms with Crippen LogP contribution in [-0.4, -0.2) is 0 Å². The Hall–Kier alpha value is 0. The monoisotopic (exact) mass is 344 g/mol. The molecule has 4 rings (SSSR count). The Kier molecular flexibility index (Phi) is 4.82. The molecule has 0 amide bonds. The van der Waals surface area contributed by atoms with Crippen LogP contribution >= 0.6 is 0 Å². The predicted molar refractivity (Wildman–Crippen MR) is 108 cm³/mol. The van der Waals surface area contributed by atoms with Gasteiger partial charge in [0.2, 0.25) is 0 Å². The van der Waals surface area contributed by atoms with E-state index in [4.69, 9.17) is 0 Å². The van der Waals surface area contributed by atoms with E-state index >= 15 is 0 Å². The van der Waals surface area contributed by atoms with Crippen molar-refractivity contribution in [3.8, 4) is 0 Å². The Balaban J connectivity index is 1.65. The maximum absolute atomic E-state index is 2.75. The summed E-state index contributed by atoms with van der Waals surface area (Å²) in [6, 6.07) is 0. The topological polar surface area (TPSA) is 0 Å². The van der Waals surface area contributed by atoms with E-state index in [0.29, 0.717) is 10.8 Å². The Morgan fingerprint density at radius 1 is 0.840 bits per heavy atom. The molecule has 144 valence electrons. The van der Waals surface area contributed by atoms with Gasteiger partial charge in [-0.3, -0.25) is 0 Å². The Morgan fingerprint density at radius 2 is 1.60 bits per heavy atom. The maximum atomic E-state index is 2.75. The van der Waals surface area contributed by atoms with Gasteiger partial charge in [-0.05, 0) is 97.2 Å². The van der Waals surface area contributed by atoms with Crippen molar-refractivity contribution in [2.45, 2.75) is 105 Å². The number of rotatable bonds is 3. The average molecular weight is 345 g/mol. The van der Waals surface area contributed by atoms with Crippen molar-refractivity contribution in [3.63, 3.8) is 0 Å². The van der Waals surface area contributed by atoms with Crippen LogP contribution in [0.15, 0.2) is 0 Å². The van der Waals surface area contributed by atoms with Gasteiger partial charge in [0.25, 0.3) is 0 Å². The molecule has 0 bridgehead atoms. The lowest BCUT2D eigenvalue weighted by atomic mass is 9.42. The Bertz CT molecular complexity index is 480.